The van der Waals surface area contributed by atoms with E-state index in [1.54, 1.807) is 6.21 Å². The van der Waals surface area contributed by atoms with Crippen LogP contribution < -0.4 is 5.84 Å². The Balaban J connectivity index is 4.23. The van der Waals surface area contributed by atoms with Gasteiger partial charge in [-0.1, -0.05) is 37.6 Å². The summed E-state index contributed by atoms with van der Waals surface area (Å²) in [6, 6.07) is 0. The Bertz CT molecular complexity index is 206. The third-order valence-electron chi connectivity index (χ3n) is 1.36. The van der Waals surface area contributed by atoms with Crippen molar-refractivity contribution in [3.63, 3.8) is 0 Å². The monoisotopic (exact) mass is 166 g/mol. The first-order valence-corrected chi connectivity index (χ1v) is 4.05. The van der Waals surface area contributed by atoms with Gasteiger partial charge in [0.25, 0.3) is 0 Å². The summed E-state index contributed by atoms with van der Waals surface area (Å²) in [5.74, 6) is 5.07. The summed E-state index contributed by atoms with van der Waals surface area (Å²) in [6.45, 7) is 8.24. The number of allylic oxidation sites excluding steroid dienone is 4. The average molecular weight is 166 g/mol. The van der Waals surface area contributed by atoms with E-state index in [0.717, 1.165) is 0 Å². The predicted molar refractivity (Wildman–Crippen MR) is 55.0 cm³/mol. The van der Waals surface area contributed by atoms with Crippen LogP contribution in [-0.4, -0.2) is 6.21 Å². The molecule has 0 aliphatic rings. The fourth-order valence-electron chi connectivity index (χ4n) is 0.724. The minimum atomic E-state index is -0.0549. The van der Waals surface area contributed by atoms with Gasteiger partial charge in [0, 0.05) is 11.6 Å². The molecule has 0 unspecified atom stereocenters. The molecule has 68 valence electrons. The highest BCUT2D eigenvalue weighted by molar-refractivity contribution is 5.67. The van der Waals surface area contributed by atoms with Gasteiger partial charge in [-0.3, -0.25) is 0 Å². The van der Waals surface area contributed by atoms with Crippen molar-refractivity contribution in [2.75, 3.05) is 0 Å². The van der Waals surface area contributed by atoms with Crippen molar-refractivity contribution >= 4 is 6.21 Å². The van der Waals surface area contributed by atoms with Crippen molar-refractivity contribution in [1.29, 1.82) is 0 Å². The van der Waals surface area contributed by atoms with Crippen molar-refractivity contribution in [2.24, 2.45) is 16.4 Å². The van der Waals surface area contributed by atoms with Crippen LogP contribution in [0.1, 0.15) is 27.7 Å². The molecular formula is C10H18N2. The van der Waals surface area contributed by atoms with Crippen LogP contribution in [0.3, 0.4) is 0 Å². The molecule has 0 aromatic carbocycles. The molecule has 0 heterocycles. The van der Waals surface area contributed by atoms with Gasteiger partial charge >= 0.3 is 0 Å². The summed E-state index contributed by atoms with van der Waals surface area (Å²) in [5.41, 5.74) is 1.23. The van der Waals surface area contributed by atoms with Gasteiger partial charge in [-0.15, -0.1) is 0 Å². The third kappa shape index (κ3) is 5.71. The second kappa shape index (κ2) is 4.75. The van der Waals surface area contributed by atoms with Crippen LogP contribution in [0.4, 0.5) is 0 Å². The molecule has 0 spiro atoms. The van der Waals surface area contributed by atoms with Crippen molar-refractivity contribution < 1.29 is 0 Å². The molecule has 0 aromatic heterocycles. The second-order valence-electron chi connectivity index (χ2n) is 3.70. The molecule has 0 fully saturated rings. The average Bonchev–Trinajstić information content (AvgIpc) is 1.85. The topological polar surface area (TPSA) is 38.4 Å². The first kappa shape index (κ1) is 11.0. The highest BCUT2D eigenvalue weighted by Crippen LogP contribution is 2.13. The number of rotatable bonds is 3. The first-order chi connectivity index (χ1) is 5.48. The SMILES string of the molecule is CC(C)=C/C=C\C(C)(C)/C=N\N. The van der Waals surface area contributed by atoms with Crippen LogP contribution in [0.5, 0.6) is 0 Å². The zero-order valence-corrected chi connectivity index (χ0v) is 8.33. The predicted octanol–water partition coefficient (Wildman–Crippen LogP) is 2.48. The van der Waals surface area contributed by atoms with E-state index in [-0.39, 0.29) is 5.41 Å². The molecule has 0 saturated carbocycles. The van der Waals surface area contributed by atoms with Crippen molar-refractivity contribution in [1.82, 2.24) is 0 Å². The molecule has 0 aliphatic carbocycles. The van der Waals surface area contributed by atoms with E-state index < -0.39 is 0 Å². The van der Waals surface area contributed by atoms with Crippen molar-refractivity contribution in [2.45, 2.75) is 27.7 Å². The molecule has 2 heteroatoms. The van der Waals surface area contributed by atoms with E-state index in [9.17, 15) is 0 Å². The van der Waals surface area contributed by atoms with Gasteiger partial charge in [-0.2, -0.15) is 5.10 Å². The van der Waals surface area contributed by atoms with Crippen LogP contribution in [0.2, 0.25) is 0 Å². The van der Waals surface area contributed by atoms with Gasteiger partial charge in [0.1, 0.15) is 0 Å². The minimum Gasteiger partial charge on any atom is -0.324 e. The lowest BCUT2D eigenvalue weighted by molar-refractivity contribution is 0.691. The fourth-order valence-corrected chi connectivity index (χ4v) is 0.724. The van der Waals surface area contributed by atoms with Gasteiger partial charge in [-0.05, 0) is 13.8 Å². The first-order valence-electron chi connectivity index (χ1n) is 4.05. The van der Waals surface area contributed by atoms with Crippen LogP contribution in [-0.2, 0) is 0 Å². The third-order valence-corrected chi connectivity index (χ3v) is 1.36. The Hall–Kier alpha value is -1.05. The Morgan fingerprint density at radius 3 is 2.33 bits per heavy atom. The summed E-state index contributed by atoms with van der Waals surface area (Å²) < 4.78 is 0. The maximum absolute atomic E-state index is 5.07. The van der Waals surface area contributed by atoms with E-state index in [1.807, 2.05) is 6.08 Å². The number of hydrogen-bond donors (Lipinski definition) is 1. The van der Waals surface area contributed by atoms with Gasteiger partial charge in [0.2, 0.25) is 0 Å². The molecule has 2 nitrogen and oxygen atoms in total. The molecule has 0 rings (SSSR count). The maximum Gasteiger partial charge on any atom is 0.0334 e. The highest BCUT2D eigenvalue weighted by atomic mass is 15.1. The van der Waals surface area contributed by atoms with Crippen LogP contribution in [0.15, 0.2) is 28.9 Å². The van der Waals surface area contributed by atoms with E-state index in [4.69, 9.17) is 5.84 Å². The summed E-state index contributed by atoms with van der Waals surface area (Å²) in [7, 11) is 0. The standard InChI is InChI=1S/C10H18N2/c1-9(2)6-5-7-10(3,4)8-12-11/h5-8H,11H2,1-4H3/b7-5-,12-8-. The lowest BCUT2D eigenvalue weighted by Crippen LogP contribution is -2.09. The summed E-state index contributed by atoms with van der Waals surface area (Å²) in [6.07, 6.45) is 7.88. The fraction of sp³-hybridized carbons (Fsp3) is 0.500. The number of hydrogen-bond acceptors (Lipinski definition) is 2. The normalized spacial score (nSPS) is 12.7. The lowest BCUT2D eigenvalue weighted by atomic mass is 9.95. The number of hydrazone groups is 1. The Labute approximate surface area is 74.8 Å². The summed E-state index contributed by atoms with van der Waals surface area (Å²) in [5, 5.41) is 3.51. The largest absolute Gasteiger partial charge is 0.324 e. The molecular weight excluding hydrogens is 148 g/mol. The lowest BCUT2D eigenvalue weighted by Gasteiger charge is -2.11. The van der Waals surface area contributed by atoms with Crippen molar-refractivity contribution in [3.8, 4) is 0 Å². The van der Waals surface area contributed by atoms with E-state index >= 15 is 0 Å². The zero-order chi connectivity index (χ0) is 9.61. The molecule has 0 saturated heterocycles. The number of nitrogens with two attached hydrogens (primary N) is 1. The summed E-state index contributed by atoms with van der Waals surface area (Å²) in [4.78, 5) is 0. The zero-order valence-electron chi connectivity index (χ0n) is 8.33. The van der Waals surface area contributed by atoms with Crippen LogP contribution in [0.25, 0.3) is 0 Å². The van der Waals surface area contributed by atoms with Gasteiger partial charge < -0.3 is 5.84 Å². The Morgan fingerprint density at radius 1 is 1.33 bits per heavy atom. The van der Waals surface area contributed by atoms with Gasteiger partial charge in [-0.25, -0.2) is 0 Å². The smallest absolute Gasteiger partial charge is 0.0334 e. The van der Waals surface area contributed by atoms with Crippen LogP contribution in [0, 0.1) is 5.41 Å². The molecule has 0 atom stereocenters. The molecule has 0 bridgehead atoms. The molecule has 12 heavy (non-hydrogen) atoms. The highest BCUT2D eigenvalue weighted by Gasteiger charge is 2.08. The minimum absolute atomic E-state index is 0.0549. The van der Waals surface area contributed by atoms with Crippen LogP contribution >= 0.6 is 0 Å². The molecule has 2 N–H and O–H groups in total. The second-order valence-corrected chi connectivity index (χ2v) is 3.70. The molecule has 0 radical (unpaired) electrons. The number of nitrogens with zero attached hydrogens (tertiary/aromatic N) is 1. The van der Waals surface area contributed by atoms with E-state index in [0.29, 0.717) is 0 Å². The quantitative estimate of drug-likeness (QED) is 0.297. The Morgan fingerprint density at radius 2 is 1.92 bits per heavy atom. The molecule has 0 aromatic rings. The van der Waals surface area contributed by atoms with E-state index in [2.05, 4.69) is 44.9 Å². The Kier molecular flexibility index (Phi) is 4.34. The van der Waals surface area contributed by atoms with Gasteiger partial charge in [0.05, 0.1) is 0 Å². The van der Waals surface area contributed by atoms with Crippen molar-refractivity contribution in [3.05, 3.63) is 23.8 Å². The maximum atomic E-state index is 5.07. The molecule has 0 amide bonds. The summed E-state index contributed by atoms with van der Waals surface area (Å²) >= 11 is 0. The van der Waals surface area contributed by atoms with Gasteiger partial charge in [0.15, 0.2) is 0 Å². The molecule has 0 aliphatic heterocycles. The van der Waals surface area contributed by atoms with E-state index in [1.165, 1.54) is 5.57 Å².